The zero-order valence-corrected chi connectivity index (χ0v) is 15.7. The van der Waals surface area contributed by atoms with Gasteiger partial charge in [-0.2, -0.15) is 0 Å². The summed E-state index contributed by atoms with van der Waals surface area (Å²) in [7, 11) is 6.58. The van der Waals surface area contributed by atoms with Gasteiger partial charge in [0.05, 0.1) is 31.5 Å². The molecule has 0 aliphatic rings. The summed E-state index contributed by atoms with van der Waals surface area (Å²) < 4.78 is 10.8. The van der Waals surface area contributed by atoms with Gasteiger partial charge in [-0.1, -0.05) is 0 Å². The number of carbonyl (C=O) groups is 1. The number of rotatable bonds is 5. The second-order valence-corrected chi connectivity index (χ2v) is 6.27. The molecule has 2 heterocycles. The Balaban J connectivity index is 2.16. The molecule has 0 fully saturated rings. The van der Waals surface area contributed by atoms with Crippen molar-refractivity contribution in [1.82, 2.24) is 15.3 Å². The molecule has 1 aromatic carbocycles. The fraction of sp³-hybridized carbons (Fsp3) is 0.235. The highest BCUT2D eigenvalue weighted by Gasteiger charge is 2.19. The minimum Gasteiger partial charge on any atom is -0.497 e. The quantitative estimate of drug-likeness (QED) is 0.708. The van der Waals surface area contributed by atoms with E-state index in [1.165, 1.54) is 11.3 Å². The molecule has 0 radical (unpaired) electrons. The second kappa shape index (κ2) is 7.04. The predicted octanol–water partition coefficient (Wildman–Crippen LogP) is 2.42. The van der Waals surface area contributed by atoms with Gasteiger partial charge in [0.25, 0.3) is 5.91 Å². The fourth-order valence-corrected chi connectivity index (χ4v) is 3.41. The van der Waals surface area contributed by atoms with Crippen LogP contribution in [0.25, 0.3) is 10.8 Å². The fourth-order valence-electron chi connectivity index (χ4n) is 2.62. The van der Waals surface area contributed by atoms with E-state index in [1.807, 2.05) is 18.0 Å². The number of fused-ring (bicyclic) bond motifs is 1. The number of nitrogens with two attached hydrogens (primary N) is 1. The van der Waals surface area contributed by atoms with Crippen LogP contribution in [0.2, 0.25) is 0 Å². The first-order chi connectivity index (χ1) is 12.5. The molecule has 136 valence electrons. The third-order valence-electron chi connectivity index (χ3n) is 3.99. The van der Waals surface area contributed by atoms with Crippen LogP contribution in [0.1, 0.15) is 10.5 Å². The van der Waals surface area contributed by atoms with Crippen LogP contribution in [-0.2, 0) is 0 Å². The van der Waals surface area contributed by atoms with Crippen molar-refractivity contribution in [2.45, 2.75) is 0 Å². The highest BCUT2D eigenvalue weighted by atomic mass is 32.1. The van der Waals surface area contributed by atoms with Gasteiger partial charge in [-0.25, -0.2) is 9.97 Å². The Hall–Kier alpha value is -3.07. The first-order valence-electron chi connectivity index (χ1n) is 7.71. The van der Waals surface area contributed by atoms with Gasteiger partial charge in [-0.3, -0.25) is 4.79 Å². The molecular weight excluding hydrogens is 354 g/mol. The lowest BCUT2D eigenvalue weighted by atomic mass is 10.1. The number of nitrogen functional groups attached to an aromatic ring is 1. The van der Waals surface area contributed by atoms with E-state index in [4.69, 9.17) is 15.2 Å². The number of benzene rings is 1. The van der Waals surface area contributed by atoms with Gasteiger partial charge in [0.2, 0.25) is 0 Å². The number of pyridine rings is 1. The highest BCUT2D eigenvalue weighted by Crippen LogP contribution is 2.40. The SMILES string of the molecule is CNC(=O)c1csc(N(C)c2cnc(N)c3c(OC)cc(OC)cc23)n1. The van der Waals surface area contributed by atoms with Crippen molar-refractivity contribution < 1.29 is 14.3 Å². The van der Waals surface area contributed by atoms with Crippen LogP contribution in [-0.4, -0.2) is 44.2 Å². The molecule has 3 aromatic rings. The lowest BCUT2D eigenvalue weighted by Crippen LogP contribution is -2.18. The molecule has 0 aliphatic carbocycles. The van der Waals surface area contributed by atoms with Crippen LogP contribution in [0.5, 0.6) is 11.5 Å². The Labute approximate surface area is 154 Å². The monoisotopic (exact) mass is 373 g/mol. The number of hydrogen-bond acceptors (Lipinski definition) is 8. The summed E-state index contributed by atoms with van der Waals surface area (Å²) in [4.78, 5) is 22.3. The number of amides is 1. The van der Waals surface area contributed by atoms with Crippen LogP contribution in [0.15, 0.2) is 23.7 Å². The normalized spacial score (nSPS) is 10.6. The molecule has 0 aliphatic heterocycles. The van der Waals surface area contributed by atoms with E-state index < -0.39 is 0 Å². The summed E-state index contributed by atoms with van der Waals surface area (Å²) in [6.07, 6.45) is 1.66. The zero-order chi connectivity index (χ0) is 18.8. The maximum atomic E-state index is 11.8. The smallest absolute Gasteiger partial charge is 0.270 e. The standard InChI is InChI=1S/C17H19N5O3S/c1-19-16(23)11-8-26-17(21-11)22(2)12-7-20-15(18)14-10(12)5-9(24-3)6-13(14)25-4/h5-8H,1-4H3,(H2,18,20)(H,19,23). The van der Waals surface area contributed by atoms with Crippen molar-refractivity contribution in [1.29, 1.82) is 0 Å². The minimum atomic E-state index is -0.232. The molecule has 2 aromatic heterocycles. The van der Waals surface area contributed by atoms with Crippen LogP contribution < -0.4 is 25.4 Å². The number of nitrogens with one attached hydrogen (secondary N) is 1. The van der Waals surface area contributed by atoms with Crippen LogP contribution in [0.4, 0.5) is 16.6 Å². The van der Waals surface area contributed by atoms with E-state index in [9.17, 15) is 4.79 Å². The van der Waals surface area contributed by atoms with E-state index in [0.29, 0.717) is 33.5 Å². The number of thiazole rings is 1. The molecule has 8 nitrogen and oxygen atoms in total. The van der Waals surface area contributed by atoms with Gasteiger partial charge >= 0.3 is 0 Å². The van der Waals surface area contributed by atoms with Crippen LogP contribution >= 0.6 is 11.3 Å². The Morgan fingerprint density at radius 2 is 2.08 bits per heavy atom. The average molecular weight is 373 g/mol. The van der Waals surface area contributed by atoms with Crippen LogP contribution in [0, 0.1) is 0 Å². The third kappa shape index (κ3) is 2.97. The number of aromatic nitrogens is 2. The molecule has 3 N–H and O–H groups in total. The predicted molar refractivity (Wildman–Crippen MR) is 103 cm³/mol. The molecular formula is C17H19N5O3S. The number of hydrogen-bond donors (Lipinski definition) is 2. The topological polar surface area (TPSA) is 103 Å². The van der Waals surface area contributed by atoms with Crippen molar-refractivity contribution >= 4 is 44.7 Å². The summed E-state index contributed by atoms with van der Waals surface area (Å²) in [5, 5.41) is 6.43. The van der Waals surface area contributed by atoms with Gasteiger partial charge in [0.1, 0.15) is 23.0 Å². The summed E-state index contributed by atoms with van der Waals surface area (Å²) in [6, 6.07) is 3.63. The number of carbonyl (C=O) groups excluding carboxylic acids is 1. The third-order valence-corrected chi connectivity index (χ3v) is 4.91. The van der Waals surface area contributed by atoms with Crippen molar-refractivity contribution in [2.75, 3.05) is 38.9 Å². The summed E-state index contributed by atoms with van der Waals surface area (Å²) in [5.41, 5.74) is 7.21. The largest absolute Gasteiger partial charge is 0.497 e. The molecule has 1 amide bonds. The average Bonchev–Trinajstić information content (AvgIpc) is 3.16. The number of anilines is 3. The molecule has 3 rings (SSSR count). The van der Waals surface area contributed by atoms with E-state index in [0.717, 1.165) is 11.1 Å². The lowest BCUT2D eigenvalue weighted by Gasteiger charge is -2.20. The molecule has 0 bridgehead atoms. The first kappa shape index (κ1) is 17.7. The molecule has 9 heteroatoms. The maximum Gasteiger partial charge on any atom is 0.270 e. The van der Waals surface area contributed by atoms with Gasteiger partial charge in [0.15, 0.2) is 5.13 Å². The van der Waals surface area contributed by atoms with Gasteiger partial charge in [-0.15, -0.1) is 11.3 Å². The van der Waals surface area contributed by atoms with E-state index in [2.05, 4.69) is 15.3 Å². The minimum absolute atomic E-state index is 0.232. The van der Waals surface area contributed by atoms with Crippen LogP contribution in [0.3, 0.4) is 0 Å². The molecule has 0 unspecified atom stereocenters. The Morgan fingerprint density at radius 3 is 2.73 bits per heavy atom. The lowest BCUT2D eigenvalue weighted by molar-refractivity contribution is 0.0959. The van der Waals surface area contributed by atoms with Gasteiger partial charge in [0, 0.05) is 30.9 Å². The maximum absolute atomic E-state index is 11.8. The van der Waals surface area contributed by atoms with E-state index >= 15 is 0 Å². The van der Waals surface area contributed by atoms with Crippen molar-refractivity contribution in [3.05, 3.63) is 29.4 Å². The van der Waals surface area contributed by atoms with E-state index in [1.54, 1.807) is 38.9 Å². The summed E-state index contributed by atoms with van der Waals surface area (Å²) in [5.74, 6) is 1.34. The number of ether oxygens (including phenoxy) is 2. The molecule has 0 atom stereocenters. The molecule has 0 saturated heterocycles. The molecule has 26 heavy (non-hydrogen) atoms. The first-order valence-corrected chi connectivity index (χ1v) is 8.59. The van der Waals surface area contributed by atoms with Crippen molar-refractivity contribution in [3.63, 3.8) is 0 Å². The highest BCUT2D eigenvalue weighted by molar-refractivity contribution is 7.14. The molecule has 0 saturated carbocycles. The number of nitrogens with zero attached hydrogens (tertiary/aromatic N) is 3. The molecule has 0 spiro atoms. The van der Waals surface area contributed by atoms with E-state index in [-0.39, 0.29) is 5.91 Å². The second-order valence-electron chi connectivity index (χ2n) is 5.43. The zero-order valence-electron chi connectivity index (χ0n) is 14.9. The Kier molecular flexibility index (Phi) is 4.81. The van der Waals surface area contributed by atoms with Crippen molar-refractivity contribution in [3.8, 4) is 11.5 Å². The number of methoxy groups -OCH3 is 2. The summed E-state index contributed by atoms with van der Waals surface area (Å²) in [6.45, 7) is 0. The Bertz CT molecular complexity index is 972. The Morgan fingerprint density at radius 1 is 1.31 bits per heavy atom. The summed E-state index contributed by atoms with van der Waals surface area (Å²) >= 11 is 1.36. The van der Waals surface area contributed by atoms with Crippen molar-refractivity contribution in [2.24, 2.45) is 0 Å². The van der Waals surface area contributed by atoms with Gasteiger partial charge in [-0.05, 0) is 6.07 Å². The van der Waals surface area contributed by atoms with Gasteiger partial charge < -0.3 is 25.4 Å².